The summed E-state index contributed by atoms with van der Waals surface area (Å²) in [5.74, 6) is -0.382. The van der Waals surface area contributed by atoms with Crippen molar-refractivity contribution in [2.45, 2.75) is 96.4 Å². The highest BCUT2D eigenvalue weighted by molar-refractivity contribution is 5.80. The molecule has 0 aliphatic heterocycles. The van der Waals surface area contributed by atoms with Gasteiger partial charge in [0, 0.05) is 18.9 Å². The lowest BCUT2D eigenvalue weighted by Gasteiger charge is -2.42. The van der Waals surface area contributed by atoms with E-state index in [9.17, 15) is 4.79 Å². The average Bonchev–Trinajstić information content (AvgIpc) is 2.59. The Morgan fingerprint density at radius 2 is 1.40 bits per heavy atom. The van der Waals surface area contributed by atoms with Gasteiger partial charge in [0.2, 0.25) is 0 Å². The van der Waals surface area contributed by atoms with Crippen LogP contribution in [0.1, 0.15) is 90.9 Å². The summed E-state index contributed by atoms with van der Waals surface area (Å²) in [7, 11) is 3.87. The zero-order valence-corrected chi connectivity index (χ0v) is 17.3. The summed E-state index contributed by atoms with van der Waals surface area (Å²) in [6, 6.07) is 0. The van der Waals surface area contributed by atoms with E-state index in [2.05, 4.69) is 27.0 Å². The maximum Gasteiger partial charge on any atom is 0.389 e. The van der Waals surface area contributed by atoms with Crippen LogP contribution in [0.2, 0.25) is 0 Å². The smallest absolute Gasteiger partial charge is 0.272 e. The van der Waals surface area contributed by atoms with E-state index in [1.807, 2.05) is 20.2 Å². The molecule has 0 saturated carbocycles. The third-order valence-corrected chi connectivity index (χ3v) is 5.51. The van der Waals surface area contributed by atoms with Gasteiger partial charge in [-0.3, -0.25) is 4.84 Å². The van der Waals surface area contributed by atoms with Gasteiger partial charge < -0.3 is 0 Å². The Bertz CT molecular complexity index is 389. The Morgan fingerprint density at radius 1 is 0.920 bits per heavy atom. The molecule has 1 unspecified atom stereocenters. The highest BCUT2D eigenvalue weighted by atomic mass is 16.7. The van der Waals surface area contributed by atoms with Crippen LogP contribution in [-0.4, -0.2) is 30.2 Å². The van der Waals surface area contributed by atoms with Crippen molar-refractivity contribution < 1.29 is 14.3 Å². The van der Waals surface area contributed by atoms with Gasteiger partial charge in [0.25, 0.3) is 0 Å². The van der Waals surface area contributed by atoms with Gasteiger partial charge in [0.15, 0.2) is 5.54 Å². The Morgan fingerprint density at radius 3 is 1.80 bits per heavy atom. The molecule has 0 aromatic carbocycles. The number of hydrogen-bond donors (Lipinski definition) is 0. The SMILES string of the molecule is C=CC(=O)O[N+](C)(C)C(C=C)(CC)CCCCCCCCCCCC. The minimum Gasteiger partial charge on any atom is -0.272 e. The zero-order valence-electron chi connectivity index (χ0n) is 17.3. The number of unbranched alkanes of at least 4 members (excludes halogenated alkanes) is 9. The Kier molecular flexibility index (Phi) is 12.6. The van der Waals surface area contributed by atoms with Crippen molar-refractivity contribution in [3.8, 4) is 0 Å². The average molecular weight is 353 g/mol. The van der Waals surface area contributed by atoms with Crippen LogP contribution < -0.4 is 0 Å². The Balaban J connectivity index is 4.21. The van der Waals surface area contributed by atoms with Crippen LogP contribution in [0.4, 0.5) is 0 Å². The summed E-state index contributed by atoms with van der Waals surface area (Å²) >= 11 is 0. The molecule has 0 rings (SSSR count). The molecule has 146 valence electrons. The lowest BCUT2D eigenvalue weighted by Crippen LogP contribution is -2.58. The summed E-state index contributed by atoms with van der Waals surface area (Å²) in [6.45, 7) is 11.9. The zero-order chi connectivity index (χ0) is 19.2. The lowest BCUT2D eigenvalue weighted by molar-refractivity contribution is -1.09. The maximum atomic E-state index is 11.7. The lowest BCUT2D eigenvalue weighted by atomic mass is 9.87. The summed E-state index contributed by atoms with van der Waals surface area (Å²) in [5.41, 5.74) is -0.237. The minimum absolute atomic E-state index is 0.176. The summed E-state index contributed by atoms with van der Waals surface area (Å²) < 4.78 is 0.176. The van der Waals surface area contributed by atoms with E-state index in [0.29, 0.717) is 0 Å². The monoisotopic (exact) mass is 352 g/mol. The molecular weight excluding hydrogens is 310 g/mol. The molecule has 3 heteroatoms. The summed E-state index contributed by atoms with van der Waals surface area (Å²) in [5, 5.41) is 0. The van der Waals surface area contributed by atoms with Gasteiger partial charge in [0.05, 0.1) is 0 Å². The first-order valence-corrected chi connectivity index (χ1v) is 10.2. The highest BCUT2D eigenvalue weighted by Crippen LogP contribution is 2.33. The fourth-order valence-corrected chi connectivity index (χ4v) is 3.56. The van der Waals surface area contributed by atoms with Crippen molar-refractivity contribution >= 4 is 5.97 Å². The van der Waals surface area contributed by atoms with Gasteiger partial charge in [-0.1, -0.05) is 84.8 Å². The molecule has 0 bridgehead atoms. The van der Waals surface area contributed by atoms with Crippen molar-refractivity contribution in [1.82, 2.24) is 0 Å². The van der Waals surface area contributed by atoms with Crippen molar-refractivity contribution in [1.29, 1.82) is 0 Å². The fourth-order valence-electron chi connectivity index (χ4n) is 3.56. The van der Waals surface area contributed by atoms with Gasteiger partial charge >= 0.3 is 5.97 Å². The van der Waals surface area contributed by atoms with E-state index in [1.165, 1.54) is 63.9 Å². The van der Waals surface area contributed by atoms with E-state index < -0.39 is 0 Å². The molecule has 0 fully saturated rings. The standard InChI is InChI=1S/C22H42NO2/c1-7-11-12-13-14-15-16-17-18-19-20-22(9-3,10-4)23(5,6)25-21(24)8-2/h8-9H,2-3,7,10-20H2,1,4-6H3/q+1. The van der Waals surface area contributed by atoms with Crippen LogP contribution in [-0.2, 0) is 9.63 Å². The second-order valence-electron chi connectivity index (χ2n) is 7.56. The van der Waals surface area contributed by atoms with Crippen LogP contribution in [0.25, 0.3) is 0 Å². The molecule has 3 nitrogen and oxygen atoms in total. The number of hydroxylamine groups is 3. The number of likely N-dealkylation sites (N-methyl/N-ethyl adjacent to an activating group) is 1. The predicted molar refractivity (Wildman–Crippen MR) is 108 cm³/mol. The summed E-state index contributed by atoms with van der Waals surface area (Å²) in [6.07, 6.45) is 18.3. The first-order valence-electron chi connectivity index (χ1n) is 10.2. The number of carbonyl (C=O) groups excluding carboxylic acids is 1. The maximum absolute atomic E-state index is 11.7. The fraction of sp³-hybridized carbons (Fsp3) is 0.773. The molecule has 0 aliphatic carbocycles. The van der Waals surface area contributed by atoms with Crippen LogP contribution in [0.5, 0.6) is 0 Å². The minimum atomic E-state index is -0.382. The van der Waals surface area contributed by atoms with Crippen molar-refractivity contribution in [3.63, 3.8) is 0 Å². The van der Waals surface area contributed by atoms with E-state index in [4.69, 9.17) is 4.84 Å². The van der Waals surface area contributed by atoms with E-state index in [1.54, 1.807) is 0 Å². The molecule has 0 N–H and O–H groups in total. The normalized spacial score (nSPS) is 13.9. The third kappa shape index (κ3) is 8.71. The summed E-state index contributed by atoms with van der Waals surface area (Å²) in [4.78, 5) is 17.2. The molecule has 0 heterocycles. The van der Waals surface area contributed by atoms with Gasteiger partial charge in [0.1, 0.15) is 14.1 Å². The Labute approximate surface area is 156 Å². The van der Waals surface area contributed by atoms with Gasteiger partial charge in [-0.25, -0.2) is 4.79 Å². The second kappa shape index (κ2) is 13.2. The quantitative estimate of drug-likeness (QED) is 0.106. The second-order valence-corrected chi connectivity index (χ2v) is 7.56. The highest BCUT2D eigenvalue weighted by Gasteiger charge is 2.44. The van der Waals surface area contributed by atoms with Gasteiger partial charge in [-0.05, 0) is 12.5 Å². The number of carbonyl (C=O) groups is 1. The van der Waals surface area contributed by atoms with E-state index in [0.717, 1.165) is 19.3 Å². The van der Waals surface area contributed by atoms with Crippen LogP contribution in [0.3, 0.4) is 0 Å². The van der Waals surface area contributed by atoms with Crippen LogP contribution >= 0.6 is 0 Å². The Hall–Kier alpha value is -1.09. The van der Waals surface area contributed by atoms with Crippen LogP contribution in [0, 0.1) is 0 Å². The molecule has 0 aromatic heterocycles. The van der Waals surface area contributed by atoms with E-state index >= 15 is 0 Å². The van der Waals surface area contributed by atoms with Crippen LogP contribution in [0.15, 0.2) is 25.3 Å². The van der Waals surface area contributed by atoms with Crippen molar-refractivity contribution in [2.75, 3.05) is 14.1 Å². The number of nitrogens with zero attached hydrogens (tertiary/aromatic N) is 1. The topological polar surface area (TPSA) is 26.3 Å². The molecule has 0 saturated heterocycles. The third-order valence-electron chi connectivity index (χ3n) is 5.51. The molecule has 0 radical (unpaired) electrons. The van der Waals surface area contributed by atoms with Crippen molar-refractivity contribution in [2.24, 2.45) is 0 Å². The molecule has 0 spiro atoms. The van der Waals surface area contributed by atoms with Crippen molar-refractivity contribution in [3.05, 3.63) is 25.3 Å². The first-order chi connectivity index (χ1) is 11.9. The molecule has 0 aliphatic rings. The molecular formula is C22H42NO2+. The van der Waals surface area contributed by atoms with E-state index in [-0.39, 0.29) is 16.2 Å². The first kappa shape index (κ1) is 23.9. The largest absolute Gasteiger partial charge is 0.389 e. The number of rotatable bonds is 16. The number of hydrogen-bond acceptors (Lipinski definition) is 2. The molecule has 0 amide bonds. The number of quaternary nitrogens is 1. The van der Waals surface area contributed by atoms with Gasteiger partial charge in [-0.2, -0.15) is 0 Å². The molecule has 0 aromatic rings. The predicted octanol–water partition coefficient (Wildman–Crippen LogP) is 6.35. The van der Waals surface area contributed by atoms with Gasteiger partial charge in [-0.15, -0.1) is 4.65 Å². The molecule has 25 heavy (non-hydrogen) atoms. The molecule has 1 atom stereocenters.